The maximum atomic E-state index is 13.6. The Kier molecular flexibility index (Phi) is 4.16. The van der Waals surface area contributed by atoms with Crippen LogP contribution < -0.4 is 5.32 Å². The Bertz CT molecular complexity index is 364. The van der Waals surface area contributed by atoms with Gasteiger partial charge in [0.2, 0.25) is 0 Å². The molecule has 17 heavy (non-hydrogen) atoms. The Morgan fingerprint density at radius 3 is 2.76 bits per heavy atom. The molecule has 1 aromatic rings. The Balaban J connectivity index is 1.89. The molecule has 1 aliphatic carbocycles. The molecule has 1 N–H and O–H groups in total. The van der Waals surface area contributed by atoms with Crippen molar-refractivity contribution in [1.29, 1.82) is 0 Å². The van der Waals surface area contributed by atoms with Crippen LogP contribution in [-0.2, 0) is 0 Å². The summed E-state index contributed by atoms with van der Waals surface area (Å²) >= 11 is 0. The van der Waals surface area contributed by atoms with Crippen molar-refractivity contribution in [2.24, 2.45) is 11.8 Å². The van der Waals surface area contributed by atoms with Gasteiger partial charge in [0, 0.05) is 11.6 Å². The van der Waals surface area contributed by atoms with E-state index in [-0.39, 0.29) is 11.9 Å². The van der Waals surface area contributed by atoms with Crippen LogP contribution in [0, 0.1) is 17.7 Å². The van der Waals surface area contributed by atoms with Gasteiger partial charge >= 0.3 is 0 Å². The molecule has 0 aromatic heterocycles. The van der Waals surface area contributed by atoms with Crippen LogP contribution in [-0.4, -0.2) is 6.54 Å². The average Bonchev–Trinajstić information content (AvgIpc) is 2.72. The molecule has 0 spiro atoms. The van der Waals surface area contributed by atoms with E-state index in [4.69, 9.17) is 0 Å². The van der Waals surface area contributed by atoms with E-state index in [2.05, 4.69) is 12.2 Å². The highest BCUT2D eigenvalue weighted by molar-refractivity contribution is 5.20. The second kappa shape index (κ2) is 5.63. The number of halogens is 1. The van der Waals surface area contributed by atoms with E-state index < -0.39 is 0 Å². The monoisotopic (exact) mass is 235 g/mol. The molecule has 3 unspecified atom stereocenters. The van der Waals surface area contributed by atoms with Crippen molar-refractivity contribution in [2.75, 3.05) is 6.54 Å². The van der Waals surface area contributed by atoms with Gasteiger partial charge in [-0.05, 0) is 37.8 Å². The third-order valence-corrected chi connectivity index (χ3v) is 4.10. The summed E-state index contributed by atoms with van der Waals surface area (Å²) in [7, 11) is 0. The fourth-order valence-corrected chi connectivity index (χ4v) is 2.79. The third kappa shape index (κ3) is 3.06. The zero-order valence-corrected chi connectivity index (χ0v) is 10.7. The minimum absolute atomic E-state index is 0.101. The summed E-state index contributed by atoms with van der Waals surface area (Å²) in [4.78, 5) is 0. The van der Waals surface area contributed by atoms with Gasteiger partial charge in [-0.25, -0.2) is 4.39 Å². The van der Waals surface area contributed by atoms with Crippen molar-refractivity contribution < 1.29 is 4.39 Å². The molecule has 3 atom stereocenters. The van der Waals surface area contributed by atoms with Crippen LogP contribution in [0.15, 0.2) is 24.3 Å². The molecule has 0 aliphatic heterocycles. The molecule has 1 aliphatic rings. The normalized spacial score (nSPS) is 26.1. The van der Waals surface area contributed by atoms with Crippen LogP contribution in [0.25, 0.3) is 0 Å². The molecule has 0 bridgehead atoms. The second-order valence-corrected chi connectivity index (χ2v) is 5.32. The van der Waals surface area contributed by atoms with Crippen LogP contribution in [0.4, 0.5) is 4.39 Å². The molecular formula is C15H22FN. The van der Waals surface area contributed by atoms with Crippen molar-refractivity contribution in [3.63, 3.8) is 0 Å². The standard InChI is InChI=1S/C15H22FN/c1-11-6-5-7-13(11)10-17-12(2)14-8-3-4-9-15(14)16/h3-4,8-9,11-13,17H,5-7,10H2,1-2H3. The van der Waals surface area contributed by atoms with E-state index >= 15 is 0 Å². The molecule has 0 radical (unpaired) electrons. The quantitative estimate of drug-likeness (QED) is 0.834. The van der Waals surface area contributed by atoms with Crippen LogP contribution in [0.5, 0.6) is 0 Å². The summed E-state index contributed by atoms with van der Waals surface area (Å²) in [5.41, 5.74) is 0.776. The number of hydrogen-bond donors (Lipinski definition) is 1. The van der Waals surface area contributed by atoms with Gasteiger partial charge < -0.3 is 5.32 Å². The van der Waals surface area contributed by atoms with Gasteiger partial charge in [0.15, 0.2) is 0 Å². The van der Waals surface area contributed by atoms with E-state index in [1.165, 1.54) is 25.3 Å². The molecule has 2 rings (SSSR count). The number of rotatable bonds is 4. The van der Waals surface area contributed by atoms with Crippen molar-refractivity contribution in [1.82, 2.24) is 5.32 Å². The highest BCUT2D eigenvalue weighted by atomic mass is 19.1. The summed E-state index contributed by atoms with van der Waals surface area (Å²) in [6.07, 6.45) is 4.01. The molecule has 1 saturated carbocycles. The van der Waals surface area contributed by atoms with Gasteiger partial charge in [0.25, 0.3) is 0 Å². The Morgan fingerprint density at radius 1 is 1.35 bits per heavy atom. The molecule has 1 nitrogen and oxygen atoms in total. The smallest absolute Gasteiger partial charge is 0.127 e. The molecule has 1 aromatic carbocycles. The fourth-order valence-electron chi connectivity index (χ4n) is 2.79. The van der Waals surface area contributed by atoms with Crippen LogP contribution in [0.2, 0.25) is 0 Å². The topological polar surface area (TPSA) is 12.0 Å². The molecule has 2 heteroatoms. The third-order valence-electron chi connectivity index (χ3n) is 4.10. The highest BCUT2D eigenvalue weighted by Gasteiger charge is 2.23. The molecular weight excluding hydrogens is 213 g/mol. The maximum absolute atomic E-state index is 13.6. The van der Waals surface area contributed by atoms with Gasteiger partial charge in [-0.3, -0.25) is 0 Å². The van der Waals surface area contributed by atoms with E-state index in [9.17, 15) is 4.39 Å². The minimum atomic E-state index is -0.105. The largest absolute Gasteiger partial charge is 0.310 e. The number of benzene rings is 1. The molecule has 94 valence electrons. The van der Waals surface area contributed by atoms with Crippen LogP contribution in [0.3, 0.4) is 0 Å². The lowest BCUT2D eigenvalue weighted by Crippen LogP contribution is -2.27. The molecule has 0 amide bonds. The zero-order valence-electron chi connectivity index (χ0n) is 10.7. The zero-order chi connectivity index (χ0) is 12.3. The van der Waals surface area contributed by atoms with Crippen molar-refractivity contribution in [3.05, 3.63) is 35.6 Å². The van der Waals surface area contributed by atoms with E-state index in [1.807, 2.05) is 19.1 Å². The van der Waals surface area contributed by atoms with Crippen LogP contribution >= 0.6 is 0 Å². The lowest BCUT2D eigenvalue weighted by molar-refractivity contribution is 0.372. The first-order valence-corrected chi connectivity index (χ1v) is 6.66. The first-order chi connectivity index (χ1) is 8.18. The maximum Gasteiger partial charge on any atom is 0.127 e. The highest BCUT2D eigenvalue weighted by Crippen LogP contribution is 2.31. The number of hydrogen-bond acceptors (Lipinski definition) is 1. The minimum Gasteiger partial charge on any atom is -0.310 e. The molecule has 1 fully saturated rings. The van der Waals surface area contributed by atoms with E-state index in [0.717, 1.165) is 23.9 Å². The predicted octanol–water partition coefficient (Wildman–Crippen LogP) is 3.91. The lowest BCUT2D eigenvalue weighted by atomic mass is 9.97. The summed E-state index contributed by atoms with van der Waals surface area (Å²) in [5.74, 6) is 1.48. The number of nitrogens with one attached hydrogen (secondary N) is 1. The van der Waals surface area contributed by atoms with Gasteiger partial charge in [0.05, 0.1) is 0 Å². The van der Waals surface area contributed by atoms with Crippen LogP contribution in [0.1, 0.15) is 44.7 Å². The van der Waals surface area contributed by atoms with E-state index in [1.54, 1.807) is 6.07 Å². The summed E-state index contributed by atoms with van der Waals surface area (Å²) in [6, 6.07) is 7.14. The van der Waals surface area contributed by atoms with Crippen molar-refractivity contribution in [2.45, 2.75) is 39.2 Å². The first kappa shape index (κ1) is 12.6. The first-order valence-electron chi connectivity index (χ1n) is 6.66. The SMILES string of the molecule is CC(NCC1CCCC1C)c1ccccc1F. The Hall–Kier alpha value is -0.890. The fraction of sp³-hybridized carbons (Fsp3) is 0.600. The van der Waals surface area contributed by atoms with E-state index in [0.29, 0.717) is 0 Å². The average molecular weight is 235 g/mol. The summed E-state index contributed by atoms with van der Waals surface area (Å²) in [6.45, 7) is 5.38. The summed E-state index contributed by atoms with van der Waals surface area (Å²) in [5, 5.41) is 3.47. The van der Waals surface area contributed by atoms with Gasteiger partial charge in [-0.1, -0.05) is 38.0 Å². The van der Waals surface area contributed by atoms with Crippen molar-refractivity contribution in [3.8, 4) is 0 Å². The Labute approximate surface area is 103 Å². The Morgan fingerprint density at radius 2 is 2.12 bits per heavy atom. The molecule has 0 saturated heterocycles. The van der Waals surface area contributed by atoms with Gasteiger partial charge in [-0.2, -0.15) is 0 Å². The molecule has 0 heterocycles. The summed E-state index contributed by atoms with van der Waals surface area (Å²) < 4.78 is 13.6. The second-order valence-electron chi connectivity index (χ2n) is 5.32. The predicted molar refractivity (Wildman–Crippen MR) is 69.3 cm³/mol. The van der Waals surface area contributed by atoms with Crippen molar-refractivity contribution >= 4 is 0 Å². The van der Waals surface area contributed by atoms with Gasteiger partial charge in [0.1, 0.15) is 5.82 Å². The lowest BCUT2D eigenvalue weighted by Gasteiger charge is -2.20. The van der Waals surface area contributed by atoms with Gasteiger partial charge in [-0.15, -0.1) is 0 Å².